The fourth-order valence-electron chi connectivity index (χ4n) is 5.22. The zero-order valence-corrected chi connectivity index (χ0v) is 16.5. The lowest BCUT2D eigenvalue weighted by Gasteiger charge is -2.29. The van der Waals surface area contributed by atoms with Crippen molar-refractivity contribution in [2.75, 3.05) is 26.2 Å². The molecule has 2 unspecified atom stereocenters. The van der Waals surface area contributed by atoms with Gasteiger partial charge in [0.1, 0.15) is 5.60 Å². The Labute approximate surface area is 169 Å². The topological polar surface area (TPSA) is 79.0 Å². The first-order valence-corrected chi connectivity index (χ1v) is 10.2. The molecule has 1 aromatic rings. The molecule has 4 aliphatic heterocycles. The fourth-order valence-corrected chi connectivity index (χ4v) is 5.22. The van der Waals surface area contributed by atoms with Crippen molar-refractivity contribution >= 4 is 17.7 Å². The van der Waals surface area contributed by atoms with Crippen LogP contribution in [0.3, 0.4) is 0 Å². The highest BCUT2D eigenvalue weighted by atomic mass is 16.5. The van der Waals surface area contributed by atoms with Crippen molar-refractivity contribution < 1.29 is 19.1 Å². The molecule has 4 aliphatic rings. The lowest BCUT2D eigenvalue weighted by molar-refractivity contribution is -0.143. The van der Waals surface area contributed by atoms with Gasteiger partial charge in [0.25, 0.3) is 0 Å². The SMILES string of the molecule is Cc1cccc(CN2C[C@@]34C=C[C@@H](O3)C(C(=O)N3CCNC(=O)CC3)C4C2=O)c1. The molecule has 152 valence electrons. The van der Waals surface area contributed by atoms with Gasteiger partial charge in [0.15, 0.2) is 0 Å². The molecule has 2 bridgehead atoms. The number of amides is 3. The van der Waals surface area contributed by atoms with Gasteiger partial charge in [-0.15, -0.1) is 0 Å². The van der Waals surface area contributed by atoms with Gasteiger partial charge in [-0.2, -0.15) is 0 Å². The van der Waals surface area contributed by atoms with Crippen LogP contribution in [-0.2, 0) is 25.7 Å². The van der Waals surface area contributed by atoms with E-state index in [1.807, 2.05) is 42.2 Å². The highest BCUT2D eigenvalue weighted by Crippen LogP contribution is 2.52. The van der Waals surface area contributed by atoms with E-state index in [-0.39, 0.29) is 23.8 Å². The zero-order valence-electron chi connectivity index (χ0n) is 16.5. The smallest absolute Gasteiger partial charge is 0.230 e. The summed E-state index contributed by atoms with van der Waals surface area (Å²) >= 11 is 0. The van der Waals surface area contributed by atoms with Gasteiger partial charge in [0.2, 0.25) is 17.7 Å². The second-order valence-electron chi connectivity index (χ2n) is 8.51. The molecule has 1 spiro atoms. The maximum absolute atomic E-state index is 13.4. The summed E-state index contributed by atoms with van der Waals surface area (Å²) in [5.74, 6) is -1.12. The van der Waals surface area contributed by atoms with Crippen molar-refractivity contribution in [2.24, 2.45) is 11.8 Å². The van der Waals surface area contributed by atoms with E-state index in [2.05, 4.69) is 11.4 Å². The van der Waals surface area contributed by atoms with Gasteiger partial charge >= 0.3 is 0 Å². The molecule has 7 nitrogen and oxygen atoms in total. The van der Waals surface area contributed by atoms with Crippen LogP contribution in [0.4, 0.5) is 0 Å². The van der Waals surface area contributed by atoms with Crippen molar-refractivity contribution in [2.45, 2.75) is 31.6 Å². The molecular formula is C22H25N3O4. The number of carbonyl (C=O) groups excluding carboxylic acids is 3. The quantitative estimate of drug-likeness (QED) is 0.762. The van der Waals surface area contributed by atoms with E-state index in [4.69, 9.17) is 4.74 Å². The number of carbonyl (C=O) groups is 3. The van der Waals surface area contributed by atoms with Crippen LogP contribution >= 0.6 is 0 Å². The van der Waals surface area contributed by atoms with Crippen LogP contribution in [0.25, 0.3) is 0 Å². The molecule has 0 saturated carbocycles. The van der Waals surface area contributed by atoms with Gasteiger partial charge in [-0.05, 0) is 12.5 Å². The molecule has 7 heteroatoms. The molecular weight excluding hydrogens is 370 g/mol. The average molecular weight is 395 g/mol. The van der Waals surface area contributed by atoms with E-state index < -0.39 is 17.4 Å². The van der Waals surface area contributed by atoms with Crippen LogP contribution in [0.2, 0.25) is 0 Å². The van der Waals surface area contributed by atoms with Crippen molar-refractivity contribution in [1.82, 2.24) is 15.1 Å². The maximum atomic E-state index is 13.4. The number of hydrogen-bond donors (Lipinski definition) is 1. The van der Waals surface area contributed by atoms with E-state index in [1.54, 1.807) is 4.90 Å². The van der Waals surface area contributed by atoms with E-state index in [0.29, 0.717) is 39.1 Å². The lowest BCUT2D eigenvalue weighted by Crippen LogP contribution is -2.47. The number of rotatable bonds is 3. The number of nitrogens with one attached hydrogen (secondary N) is 1. The van der Waals surface area contributed by atoms with Gasteiger partial charge in [-0.25, -0.2) is 0 Å². The number of fused-ring (bicyclic) bond motifs is 1. The monoisotopic (exact) mass is 395 g/mol. The summed E-state index contributed by atoms with van der Waals surface area (Å²) in [4.78, 5) is 41.9. The standard InChI is InChI=1S/C22H25N3O4/c1-14-3-2-4-15(11-14)12-25-13-22-7-5-16(29-22)18(19(22)21(25)28)20(27)24-9-6-17(26)23-8-10-24/h2-5,7,11,16,18-19H,6,8-10,12-13H2,1H3,(H,23,26)/t16-,18?,19?,22-/m1/s1. The third-order valence-electron chi connectivity index (χ3n) is 6.54. The maximum Gasteiger partial charge on any atom is 0.230 e. The summed E-state index contributed by atoms with van der Waals surface area (Å²) in [6.45, 7) is 4.33. The van der Waals surface area contributed by atoms with Gasteiger partial charge in [-0.1, -0.05) is 42.0 Å². The molecule has 0 aromatic heterocycles. The van der Waals surface area contributed by atoms with E-state index >= 15 is 0 Å². The van der Waals surface area contributed by atoms with E-state index in [9.17, 15) is 14.4 Å². The number of nitrogens with zero attached hydrogens (tertiary/aromatic N) is 2. The third-order valence-corrected chi connectivity index (χ3v) is 6.54. The Morgan fingerprint density at radius 2 is 2.17 bits per heavy atom. The molecule has 4 atom stereocenters. The summed E-state index contributed by atoms with van der Waals surface area (Å²) < 4.78 is 6.22. The predicted molar refractivity (Wildman–Crippen MR) is 105 cm³/mol. The Bertz CT molecular complexity index is 913. The van der Waals surface area contributed by atoms with Crippen LogP contribution in [0.1, 0.15) is 17.5 Å². The highest BCUT2D eigenvalue weighted by Gasteiger charge is 2.67. The third kappa shape index (κ3) is 2.95. The molecule has 3 saturated heterocycles. The number of benzene rings is 1. The molecule has 5 rings (SSSR count). The molecule has 29 heavy (non-hydrogen) atoms. The number of likely N-dealkylation sites (tertiary alicyclic amines) is 1. The fraction of sp³-hybridized carbons (Fsp3) is 0.500. The Hall–Kier alpha value is -2.67. The number of aryl methyl sites for hydroxylation is 1. The van der Waals surface area contributed by atoms with Crippen molar-refractivity contribution in [3.8, 4) is 0 Å². The minimum atomic E-state index is -0.703. The molecule has 0 radical (unpaired) electrons. The van der Waals surface area contributed by atoms with Crippen LogP contribution in [0, 0.1) is 18.8 Å². The van der Waals surface area contributed by atoms with E-state index in [1.165, 1.54) is 0 Å². The summed E-state index contributed by atoms with van der Waals surface area (Å²) in [7, 11) is 0. The first-order valence-electron chi connectivity index (χ1n) is 10.2. The molecule has 1 aromatic carbocycles. The first kappa shape index (κ1) is 18.4. The summed E-state index contributed by atoms with van der Waals surface area (Å²) in [6.07, 6.45) is 3.85. The normalized spacial score (nSPS) is 33.1. The molecule has 0 aliphatic carbocycles. The number of ether oxygens (including phenoxy) is 1. The van der Waals surface area contributed by atoms with Crippen LogP contribution < -0.4 is 5.32 Å². The first-order chi connectivity index (χ1) is 14.0. The van der Waals surface area contributed by atoms with Gasteiger partial charge in [0, 0.05) is 32.6 Å². The van der Waals surface area contributed by atoms with Gasteiger partial charge < -0.3 is 19.9 Å². The van der Waals surface area contributed by atoms with Crippen LogP contribution in [0.15, 0.2) is 36.4 Å². The molecule has 3 amide bonds. The Balaban J connectivity index is 1.38. The van der Waals surface area contributed by atoms with Crippen molar-refractivity contribution in [3.63, 3.8) is 0 Å². The molecule has 1 N–H and O–H groups in total. The van der Waals surface area contributed by atoms with Gasteiger partial charge in [-0.3, -0.25) is 14.4 Å². The van der Waals surface area contributed by atoms with Crippen LogP contribution in [-0.4, -0.2) is 65.4 Å². The minimum absolute atomic E-state index is 0.0132. The number of hydrogen-bond acceptors (Lipinski definition) is 4. The lowest BCUT2D eigenvalue weighted by atomic mass is 9.76. The zero-order chi connectivity index (χ0) is 20.2. The summed E-state index contributed by atoms with van der Waals surface area (Å²) in [5.41, 5.74) is 1.53. The summed E-state index contributed by atoms with van der Waals surface area (Å²) in [5, 5.41) is 2.79. The Kier molecular flexibility index (Phi) is 4.24. The minimum Gasteiger partial charge on any atom is -0.360 e. The van der Waals surface area contributed by atoms with E-state index in [0.717, 1.165) is 11.1 Å². The largest absolute Gasteiger partial charge is 0.360 e. The predicted octanol–water partition coefficient (Wildman–Crippen LogP) is 0.626. The molecule has 3 fully saturated rings. The molecule has 4 heterocycles. The van der Waals surface area contributed by atoms with Gasteiger partial charge in [0.05, 0.1) is 24.5 Å². The highest BCUT2D eigenvalue weighted by molar-refractivity contribution is 5.93. The van der Waals surface area contributed by atoms with Crippen LogP contribution in [0.5, 0.6) is 0 Å². The van der Waals surface area contributed by atoms with Crippen molar-refractivity contribution in [3.05, 3.63) is 47.5 Å². The average Bonchev–Trinajstić information content (AvgIpc) is 3.26. The van der Waals surface area contributed by atoms with Crippen molar-refractivity contribution in [1.29, 1.82) is 0 Å². The Morgan fingerprint density at radius 3 is 3.00 bits per heavy atom. The Morgan fingerprint density at radius 1 is 1.31 bits per heavy atom. The second-order valence-corrected chi connectivity index (χ2v) is 8.51. The summed E-state index contributed by atoms with van der Waals surface area (Å²) in [6, 6.07) is 8.13. The second kappa shape index (κ2) is 6.69.